The Kier molecular flexibility index (Phi) is 5.86. The number of hydrogen-bond donors (Lipinski definition) is 2. The van der Waals surface area contributed by atoms with E-state index in [1.807, 2.05) is 30.3 Å². The van der Waals surface area contributed by atoms with Gasteiger partial charge in [-0.05, 0) is 24.3 Å². The average molecular weight is 397 g/mol. The smallest absolute Gasteiger partial charge is 0.291 e. The predicted molar refractivity (Wildman–Crippen MR) is 108 cm³/mol. The van der Waals surface area contributed by atoms with Crippen LogP contribution in [0.3, 0.4) is 0 Å². The van der Waals surface area contributed by atoms with Crippen LogP contribution in [-0.2, 0) is 16.1 Å². The molecule has 0 saturated heterocycles. The fourth-order valence-electron chi connectivity index (χ4n) is 2.58. The molecule has 3 rings (SSSR count). The highest BCUT2D eigenvalue weighted by molar-refractivity contribution is 6.30. The van der Waals surface area contributed by atoms with Crippen molar-refractivity contribution in [3.8, 4) is 11.3 Å². The van der Waals surface area contributed by atoms with Gasteiger partial charge in [-0.3, -0.25) is 14.4 Å². The van der Waals surface area contributed by atoms with Crippen molar-refractivity contribution in [3.05, 3.63) is 76.0 Å². The third kappa shape index (κ3) is 4.83. The minimum atomic E-state index is -0.573. The number of halogens is 1. The summed E-state index contributed by atoms with van der Waals surface area (Å²) in [6.45, 7) is 0.983. The second-order valence-corrected chi connectivity index (χ2v) is 6.45. The van der Waals surface area contributed by atoms with Gasteiger partial charge in [0.1, 0.15) is 12.2 Å². The topological polar surface area (TPSA) is 93.1 Å². The zero-order valence-electron chi connectivity index (χ0n) is 15.0. The van der Waals surface area contributed by atoms with E-state index in [1.165, 1.54) is 13.0 Å². The minimum absolute atomic E-state index is 0.0527. The summed E-state index contributed by atoms with van der Waals surface area (Å²) >= 11 is 5.91. The summed E-state index contributed by atoms with van der Waals surface area (Å²) in [5, 5.41) is 9.91. The van der Waals surface area contributed by atoms with Crippen LogP contribution in [0.15, 0.2) is 65.5 Å². The molecule has 142 valence electrons. The van der Waals surface area contributed by atoms with Crippen LogP contribution in [0.25, 0.3) is 11.3 Å². The van der Waals surface area contributed by atoms with E-state index < -0.39 is 17.4 Å². The molecule has 0 unspecified atom stereocenters. The average Bonchev–Trinajstić information content (AvgIpc) is 2.65. The molecule has 0 saturated carbocycles. The monoisotopic (exact) mass is 396 g/mol. The lowest BCUT2D eigenvalue weighted by atomic mass is 10.1. The zero-order valence-corrected chi connectivity index (χ0v) is 15.7. The maximum atomic E-state index is 12.6. The molecule has 0 aliphatic rings. The van der Waals surface area contributed by atoms with Crippen molar-refractivity contribution >= 4 is 34.8 Å². The summed E-state index contributed by atoms with van der Waals surface area (Å²) in [7, 11) is 0. The first-order valence-corrected chi connectivity index (χ1v) is 8.81. The van der Waals surface area contributed by atoms with E-state index in [0.29, 0.717) is 16.4 Å². The van der Waals surface area contributed by atoms with E-state index in [2.05, 4.69) is 15.7 Å². The van der Waals surface area contributed by atoms with Crippen LogP contribution in [0.2, 0.25) is 5.02 Å². The standard InChI is InChI=1S/C20H17ClN4O3/c1-13(26)22-18-11-17(14-6-3-2-4-7-14)24-25(20(18)28)12-19(27)23-16-9-5-8-15(21)10-16/h2-11H,12H2,1H3,(H,22,26)(H,23,27). The summed E-state index contributed by atoms with van der Waals surface area (Å²) in [5.41, 5.74) is 1.19. The number of aromatic nitrogens is 2. The molecule has 1 heterocycles. The first-order chi connectivity index (χ1) is 13.4. The molecular weight excluding hydrogens is 380 g/mol. The summed E-state index contributed by atoms with van der Waals surface area (Å²) in [4.78, 5) is 36.4. The van der Waals surface area contributed by atoms with Gasteiger partial charge < -0.3 is 10.6 Å². The van der Waals surface area contributed by atoms with E-state index in [9.17, 15) is 14.4 Å². The summed E-state index contributed by atoms with van der Waals surface area (Å²) in [5.74, 6) is -0.840. The lowest BCUT2D eigenvalue weighted by Crippen LogP contribution is -2.32. The zero-order chi connectivity index (χ0) is 20.1. The van der Waals surface area contributed by atoms with Gasteiger partial charge in [-0.15, -0.1) is 0 Å². The van der Waals surface area contributed by atoms with Crippen LogP contribution in [0.4, 0.5) is 11.4 Å². The molecule has 1 aromatic heterocycles. The van der Waals surface area contributed by atoms with E-state index in [1.54, 1.807) is 24.3 Å². The van der Waals surface area contributed by atoms with Gasteiger partial charge in [0.25, 0.3) is 5.56 Å². The van der Waals surface area contributed by atoms with Gasteiger partial charge >= 0.3 is 0 Å². The van der Waals surface area contributed by atoms with Gasteiger partial charge in [-0.2, -0.15) is 5.10 Å². The molecule has 0 bridgehead atoms. The van der Waals surface area contributed by atoms with Gasteiger partial charge in [0, 0.05) is 23.2 Å². The molecule has 2 amide bonds. The second kappa shape index (κ2) is 8.49. The number of nitrogens with one attached hydrogen (secondary N) is 2. The number of carbonyl (C=O) groups is 2. The predicted octanol–water partition coefficient (Wildman–Crippen LogP) is 3.16. The highest BCUT2D eigenvalue weighted by Gasteiger charge is 2.14. The molecule has 0 radical (unpaired) electrons. The molecule has 0 atom stereocenters. The maximum absolute atomic E-state index is 12.6. The highest BCUT2D eigenvalue weighted by atomic mass is 35.5. The van der Waals surface area contributed by atoms with Crippen molar-refractivity contribution < 1.29 is 9.59 Å². The lowest BCUT2D eigenvalue weighted by Gasteiger charge is -2.11. The van der Waals surface area contributed by atoms with Crippen LogP contribution < -0.4 is 16.2 Å². The van der Waals surface area contributed by atoms with Crippen molar-refractivity contribution in [3.63, 3.8) is 0 Å². The Morgan fingerprint density at radius 2 is 1.79 bits per heavy atom. The van der Waals surface area contributed by atoms with Crippen molar-refractivity contribution in [1.82, 2.24) is 9.78 Å². The van der Waals surface area contributed by atoms with E-state index in [4.69, 9.17) is 11.6 Å². The fourth-order valence-corrected chi connectivity index (χ4v) is 2.77. The molecular formula is C20H17ClN4O3. The highest BCUT2D eigenvalue weighted by Crippen LogP contribution is 2.18. The van der Waals surface area contributed by atoms with E-state index in [0.717, 1.165) is 10.2 Å². The Morgan fingerprint density at radius 3 is 2.46 bits per heavy atom. The van der Waals surface area contributed by atoms with Gasteiger partial charge in [0.2, 0.25) is 11.8 Å². The molecule has 0 aliphatic carbocycles. The molecule has 3 aromatic rings. The molecule has 0 fully saturated rings. The Hall–Kier alpha value is -3.45. The summed E-state index contributed by atoms with van der Waals surface area (Å²) in [6.07, 6.45) is 0. The number of nitrogens with zero attached hydrogens (tertiary/aromatic N) is 2. The maximum Gasteiger partial charge on any atom is 0.291 e. The Balaban J connectivity index is 1.93. The molecule has 7 nitrogen and oxygen atoms in total. The third-order valence-corrected chi connectivity index (χ3v) is 3.99. The van der Waals surface area contributed by atoms with Crippen LogP contribution in [0.5, 0.6) is 0 Å². The SMILES string of the molecule is CC(=O)Nc1cc(-c2ccccc2)nn(CC(=O)Nc2cccc(Cl)c2)c1=O. The number of carbonyl (C=O) groups excluding carboxylic acids is 2. The van der Waals surface area contributed by atoms with Crippen LogP contribution in [0, 0.1) is 0 Å². The lowest BCUT2D eigenvalue weighted by molar-refractivity contribution is -0.117. The van der Waals surface area contributed by atoms with Gasteiger partial charge in [0.15, 0.2) is 0 Å². The number of anilines is 2. The van der Waals surface area contributed by atoms with Crippen LogP contribution in [-0.4, -0.2) is 21.6 Å². The summed E-state index contributed by atoms with van der Waals surface area (Å²) < 4.78 is 1.02. The van der Waals surface area contributed by atoms with E-state index >= 15 is 0 Å². The first kappa shape index (κ1) is 19.3. The molecule has 0 spiro atoms. The molecule has 28 heavy (non-hydrogen) atoms. The Morgan fingerprint density at radius 1 is 1.04 bits per heavy atom. The van der Waals surface area contributed by atoms with Gasteiger partial charge in [-0.25, -0.2) is 4.68 Å². The van der Waals surface area contributed by atoms with Crippen LogP contribution in [0.1, 0.15) is 6.92 Å². The van der Waals surface area contributed by atoms with Crippen molar-refractivity contribution in [2.75, 3.05) is 10.6 Å². The quantitative estimate of drug-likeness (QED) is 0.692. The van der Waals surface area contributed by atoms with Crippen molar-refractivity contribution in [1.29, 1.82) is 0 Å². The second-order valence-electron chi connectivity index (χ2n) is 6.01. The van der Waals surface area contributed by atoms with Crippen molar-refractivity contribution in [2.24, 2.45) is 0 Å². The Labute approximate surface area is 166 Å². The number of amides is 2. The normalized spacial score (nSPS) is 10.4. The largest absolute Gasteiger partial charge is 0.324 e. The van der Waals surface area contributed by atoms with E-state index in [-0.39, 0.29) is 12.2 Å². The minimum Gasteiger partial charge on any atom is -0.324 e. The molecule has 2 N–H and O–H groups in total. The van der Waals surface area contributed by atoms with Gasteiger partial charge in [-0.1, -0.05) is 48.0 Å². The number of benzene rings is 2. The fraction of sp³-hybridized carbons (Fsp3) is 0.100. The molecule has 8 heteroatoms. The number of rotatable bonds is 5. The summed E-state index contributed by atoms with van der Waals surface area (Å²) in [6, 6.07) is 17.3. The first-order valence-electron chi connectivity index (χ1n) is 8.43. The molecule has 0 aliphatic heterocycles. The Bertz CT molecular complexity index is 1080. The molecule has 2 aromatic carbocycles. The van der Waals surface area contributed by atoms with Gasteiger partial charge in [0.05, 0.1) is 5.69 Å². The van der Waals surface area contributed by atoms with Crippen molar-refractivity contribution in [2.45, 2.75) is 13.5 Å². The number of hydrogen-bond acceptors (Lipinski definition) is 4. The third-order valence-electron chi connectivity index (χ3n) is 3.76. The van der Waals surface area contributed by atoms with Crippen LogP contribution >= 0.6 is 11.6 Å².